The van der Waals surface area contributed by atoms with Crippen molar-refractivity contribution in [3.05, 3.63) is 167 Å². The Hall–Kier alpha value is -5.48. The van der Waals surface area contributed by atoms with Crippen LogP contribution >= 0.6 is 0 Å². The molecule has 0 radical (unpaired) electrons. The zero-order valence-corrected chi connectivity index (χ0v) is 49.3. The first-order chi connectivity index (χ1) is 32.8. The van der Waals surface area contributed by atoms with E-state index >= 15 is 0 Å². The standard InChI is InChI=1S/4C17H23N/c1-16(2,3)14-9-12-7-8-18-11-13(12)10-15(14)17(4,5)6;1-16(2,3)13-10-12-8-7-9-18-15(12)11-14(13)17(4,5)6;1-16(2,3)13-11-12-9-7-8-10-14(12)18-15(13)17(4,5)6;1-16(2,3)14-13-10-8-7-9-12(13)11-18-15(14)17(4,5)6/h4*7-11H,1-6H3. The Balaban J connectivity index is 0.000000178. The van der Waals surface area contributed by atoms with Gasteiger partial charge in [0.1, 0.15) is 0 Å². The lowest BCUT2D eigenvalue weighted by atomic mass is 9.74. The first kappa shape index (κ1) is 57.4. The maximum atomic E-state index is 4.91. The fraction of sp³-hybridized carbons (Fsp3) is 0.471. The largest absolute Gasteiger partial charge is 0.264 e. The monoisotopic (exact) mass is 965 g/mol. The summed E-state index contributed by atoms with van der Waals surface area (Å²) in [6.45, 7) is 54.3. The van der Waals surface area contributed by atoms with E-state index in [1.54, 1.807) is 0 Å². The van der Waals surface area contributed by atoms with E-state index in [2.05, 4.69) is 267 Å². The van der Waals surface area contributed by atoms with Crippen molar-refractivity contribution in [3.8, 4) is 0 Å². The second-order valence-electron chi connectivity index (χ2n) is 28.4. The molecule has 0 bridgehead atoms. The number of fused-ring (bicyclic) bond motifs is 4. The van der Waals surface area contributed by atoms with Crippen molar-refractivity contribution < 1.29 is 0 Å². The molecule has 0 fully saturated rings. The molecule has 4 nitrogen and oxygen atoms in total. The summed E-state index contributed by atoms with van der Waals surface area (Å²) < 4.78 is 0. The summed E-state index contributed by atoms with van der Waals surface area (Å²) in [6, 6.07) is 34.7. The molecule has 0 unspecified atom stereocenters. The second kappa shape index (κ2) is 20.8. The molecule has 0 saturated carbocycles. The Morgan fingerprint density at radius 1 is 0.292 bits per heavy atom. The lowest BCUT2D eigenvalue weighted by Gasteiger charge is -2.30. The lowest BCUT2D eigenvalue weighted by Crippen LogP contribution is -2.23. The van der Waals surface area contributed by atoms with Crippen molar-refractivity contribution in [2.24, 2.45) is 0 Å². The molecule has 0 atom stereocenters. The summed E-state index contributed by atoms with van der Waals surface area (Å²) >= 11 is 0. The van der Waals surface area contributed by atoms with Gasteiger partial charge in [0.25, 0.3) is 0 Å². The van der Waals surface area contributed by atoms with Gasteiger partial charge in [-0.1, -0.05) is 221 Å². The predicted octanol–water partition coefficient (Wildman–Crippen LogP) is 19.3. The normalized spacial score (nSPS) is 13.0. The minimum Gasteiger partial charge on any atom is -0.264 e. The van der Waals surface area contributed by atoms with Crippen LogP contribution < -0.4 is 0 Å². The van der Waals surface area contributed by atoms with Gasteiger partial charge >= 0.3 is 0 Å². The molecular formula is C68H92N4. The van der Waals surface area contributed by atoms with E-state index in [1.807, 2.05) is 30.9 Å². The van der Waals surface area contributed by atoms with Gasteiger partial charge in [0.05, 0.1) is 22.4 Å². The quantitative estimate of drug-likeness (QED) is 0.152. The maximum absolute atomic E-state index is 4.91. The van der Waals surface area contributed by atoms with Crippen LogP contribution in [0, 0.1) is 0 Å². The van der Waals surface area contributed by atoms with Crippen LogP contribution in [0.2, 0.25) is 0 Å². The Morgan fingerprint density at radius 2 is 0.722 bits per heavy atom. The molecule has 72 heavy (non-hydrogen) atoms. The van der Waals surface area contributed by atoms with E-state index in [4.69, 9.17) is 9.97 Å². The summed E-state index contributed by atoms with van der Waals surface area (Å²) in [4.78, 5) is 18.4. The van der Waals surface area contributed by atoms with E-state index in [0.717, 1.165) is 11.0 Å². The first-order valence-electron chi connectivity index (χ1n) is 26.4. The Morgan fingerprint density at radius 3 is 1.24 bits per heavy atom. The number of hydrogen-bond acceptors (Lipinski definition) is 4. The number of aromatic nitrogens is 4. The van der Waals surface area contributed by atoms with Gasteiger partial charge in [-0.15, -0.1) is 0 Å². The molecule has 0 aliphatic carbocycles. The molecule has 8 rings (SSSR count). The first-order valence-corrected chi connectivity index (χ1v) is 26.4. The molecular weight excluding hydrogens is 873 g/mol. The molecule has 4 heteroatoms. The molecule has 8 aromatic rings. The van der Waals surface area contributed by atoms with Crippen LogP contribution in [0.15, 0.2) is 122 Å². The van der Waals surface area contributed by atoms with E-state index in [9.17, 15) is 0 Å². The van der Waals surface area contributed by atoms with Gasteiger partial charge in [-0.25, -0.2) is 0 Å². The van der Waals surface area contributed by atoms with Crippen LogP contribution in [0.4, 0.5) is 0 Å². The van der Waals surface area contributed by atoms with E-state index in [1.165, 1.54) is 77.1 Å². The molecule has 4 heterocycles. The summed E-state index contributed by atoms with van der Waals surface area (Å²) in [6.07, 6.45) is 7.69. The van der Waals surface area contributed by atoms with Gasteiger partial charge in [0, 0.05) is 57.2 Å². The van der Waals surface area contributed by atoms with E-state index in [0.29, 0.717) is 0 Å². The van der Waals surface area contributed by atoms with E-state index < -0.39 is 0 Å². The van der Waals surface area contributed by atoms with Crippen molar-refractivity contribution in [1.82, 2.24) is 19.9 Å². The molecule has 384 valence electrons. The zero-order chi connectivity index (χ0) is 54.2. The highest BCUT2D eigenvalue weighted by Gasteiger charge is 2.30. The molecule has 0 amide bonds. The number of nitrogens with zero attached hydrogens (tertiary/aromatic N) is 4. The van der Waals surface area contributed by atoms with Crippen molar-refractivity contribution in [2.75, 3.05) is 0 Å². The van der Waals surface area contributed by atoms with Crippen LogP contribution in [-0.2, 0) is 43.3 Å². The van der Waals surface area contributed by atoms with Gasteiger partial charge in [-0.3, -0.25) is 19.9 Å². The van der Waals surface area contributed by atoms with Crippen LogP contribution in [0.5, 0.6) is 0 Å². The Kier molecular flexibility index (Phi) is 16.6. The highest BCUT2D eigenvalue weighted by molar-refractivity contribution is 5.87. The average Bonchev–Trinajstić information content (AvgIpc) is 3.25. The SMILES string of the molecule is CC(C)(C)c1cc2ccccc2nc1C(C)(C)C.CC(C)(C)c1cc2cccnc2cc1C(C)(C)C.CC(C)(C)c1cc2ccncc2cc1C(C)(C)C.CC(C)(C)c1ncc2ccccc2c1C(C)(C)C. The fourth-order valence-electron chi connectivity index (χ4n) is 9.49. The molecule has 0 aliphatic heterocycles. The van der Waals surface area contributed by atoms with Gasteiger partial charge < -0.3 is 0 Å². The van der Waals surface area contributed by atoms with Crippen LogP contribution in [0.25, 0.3) is 43.4 Å². The minimum atomic E-state index is 0.0760. The zero-order valence-electron chi connectivity index (χ0n) is 49.3. The third-order valence-corrected chi connectivity index (χ3v) is 13.3. The molecule has 4 aromatic carbocycles. The van der Waals surface area contributed by atoms with Crippen LogP contribution in [0.3, 0.4) is 0 Å². The van der Waals surface area contributed by atoms with Crippen LogP contribution in [-0.4, -0.2) is 19.9 Å². The molecule has 0 N–H and O–H groups in total. The van der Waals surface area contributed by atoms with Crippen molar-refractivity contribution in [2.45, 2.75) is 209 Å². The van der Waals surface area contributed by atoms with Gasteiger partial charge in [-0.05, 0) is 119 Å². The second-order valence-corrected chi connectivity index (χ2v) is 28.4. The highest BCUT2D eigenvalue weighted by atomic mass is 14.7. The molecule has 0 spiro atoms. The smallest absolute Gasteiger partial charge is 0.0705 e. The summed E-state index contributed by atoms with van der Waals surface area (Å²) in [5.41, 5.74) is 14.1. The van der Waals surface area contributed by atoms with Crippen molar-refractivity contribution in [1.29, 1.82) is 0 Å². The van der Waals surface area contributed by atoms with Gasteiger partial charge in [-0.2, -0.15) is 0 Å². The average molecular weight is 966 g/mol. The fourth-order valence-corrected chi connectivity index (χ4v) is 9.49. The summed E-state index contributed by atoms with van der Waals surface area (Å²) in [7, 11) is 0. The summed E-state index contributed by atoms with van der Waals surface area (Å²) in [5, 5.41) is 7.55. The maximum Gasteiger partial charge on any atom is 0.0705 e. The number of rotatable bonds is 0. The molecule has 0 saturated heterocycles. The summed E-state index contributed by atoms with van der Waals surface area (Å²) in [5.74, 6) is 0. The Bertz CT molecular complexity index is 2680. The lowest BCUT2D eigenvalue weighted by molar-refractivity contribution is 0.517. The van der Waals surface area contributed by atoms with Crippen LogP contribution in [0.1, 0.15) is 211 Å². The third-order valence-electron chi connectivity index (χ3n) is 13.3. The number of para-hydroxylation sites is 1. The minimum absolute atomic E-state index is 0.0760. The topological polar surface area (TPSA) is 51.6 Å². The van der Waals surface area contributed by atoms with Gasteiger partial charge in [0.2, 0.25) is 0 Å². The van der Waals surface area contributed by atoms with E-state index in [-0.39, 0.29) is 43.3 Å². The number of pyridine rings is 4. The van der Waals surface area contributed by atoms with Gasteiger partial charge in [0.15, 0.2) is 0 Å². The van der Waals surface area contributed by atoms with Crippen molar-refractivity contribution >= 4 is 43.4 Å². The number of hydrogen-bond donors (Lipinski definition) is 0. The Labute approximate surface area is 437 Å². The highest BCUT2D eigenvalue weighted by Crippen LogP contribution is 2.40. The third kappa shape index (κ3) is 14.2. The molecule has 4 aromatic heterocycles. The number of benzene rings is 4. The molecule has 0 aliphatic rings. The van der Waals surface area contributed by atoms with Crippen molar-refractivity contribution in [3.63, 3.8) is 0 Å². The predicted molar refractivity (Wildman–Crippen MR) is 317 cm³/mol.